The van der Waals surface area contributed by atoms with Crippen molar-refractivity contribution in [2.45, 2.75) is 31.8 Å². The molecule has 2 rings (SSSR count). The summed E-state index contributed by atoms with van der Waals surface area (Å²) in [5, 5.41) is 20.8. The largest absolute Gasteiger partial charge is 0.394 e. The zero-order valence-electron chi connectivity index (χ0n) is 9.50. The van der Waals surface area contributed by atoms with Gasteiger partial charge in [0.2, 0.25) is 5.91 Å². The number of imide groups is 1. The van der Waals surface area contributed by atoms with Crippen LogP contribution >= 0.6 is 0 Å². The van der Waals surface area contributed by atoms with Gasteiger partial charge in [-0.2, -0.15) is 0 Å². The number of hydrogen-bond donors (Lipinski definition) is 3. The number of carbonyl (C=O) groups excluding carboxylic acids is 2. The number of nitrogens with one attached hydrogen (secondary N) is 1. The van der Waals surface area contributed by atoms with Crippen molar-refractivity contribution in [3.05, 3.63) is 0 Å². The highest BCUT2D eigenvalue weighted by Crippen LogP contribution is 2.25. The first-order valence-electron chi connectivity index (χ1n) is 5.58. The first-order chi connectivity index (χ1) is 8.02. The van der Waals surface area contributed by atoms with Crippen LogP contribution in [-0.2, 0) is 9.53 Å². The minimum atomic E-state index is -0.786. The van der Waals surface area contributed by atoms with Gasteiger partial charge in [-0.15, -0.1) is 0 Å². The molecule has 17 heavy (non-hydrogen) atoms. The molecule has 0 radical (unpaired) electrons. The van der Waals surface area contributed by atoms with Crippen molar-refractivity contribution in [1.82, 2.24) is 10.2 Å². The number of urea groups is 1. The summed E-state index contributed by atoms with van der Waals surface area (Å²) < 4.78 is 5.37. The predicted molar refractivity (Wildman–Crippen MR) is 55.8 cm³/mol. The van der Waals surface area contributed by atoms with Gasteiger partial charge in [0.25, 0.3) is 0 Å². The lowest BCUT2D eigenvalue weighted by Crippen LogP contribution is -2.57. The fourth-order valence-corrected chi connectivity index (χ4v) is 2.08. The van der Waals surface area contributed by atoms with Crippen molar-refractivity contribution in [3.8, 4) is 0 Å². The summed E-state index contributed by atoms with van der Waals surface area (Å²) >= 11 is 0. The molecule has 2 aliphatic heterocycles. The Kier molecular flexibility index (Phi) is 3.32. The fourth-order valence-electron chi connectivity index (χ4n) is 2.08. The molecule has 96 valence electrons. The molecule has 0 aliphatic carbocycles. The summed E-state index contributed by atoms with van der Waals surface area (Å²) in [4.78, 5) is 24.2. The molecule has 0 aromatic rings. The molecule has 0 unspecified atom stereocenters. The second kappa shape index (κ2) is 4.59. The topological polar surface area (TPSA) is 99.1 Å². The van der Waals surface area contributed by atoms with Crippen molar-refractivity contribution in [3.63, 3.8) is 0 Å². The highest BCUT2D eigenvalue weighted by Gasteiger charge is 2.41. The quantitative estimate of drug-likeness (QED) is 0.557. The molecule has 0 aromatic carbocycles. The average Bonchev–Trinajstić information content (AvgIpc) is 2.65. The summed E-state index contributed by atoms with van der Waals surface area (Å²) in [5.41, 5.74) is 0. The molecule has 4 atom stereocenters. The first-order valence-corrected chi connectivity index (χ1v) is 5.58. The van der Waals surface area contributed by atoms with Gasteiger partial charge in [0.05, 0.1) is 18.6 Å². The number of carbonyl (C=O) groups is 2. The number of rotatable bonds is 2. The molecule has 7 heteroatoms. The number of aliphatic hydroxyl groups is 2. The Morgan fingerprint density at radius 2 is 2.24 bits per heavy atom. The summed E-state index contributed by atoms with van der Waals surface area (Å²) in [5.74, 6) is -0.606. The van der Waals surface area contributed by atoms with Gasteiger partial charge >= 0.3 is 6.03 Å². The maximum atomic E-state index is 11.6. The van der Waals surface area contributed by atoms with Crippen LogP contribution in [0, 0.1) is 5.92 Å². The van der Waals surface area contributed by atoms with Crippen LogP contribution < -0.4 is 5.32 Å². The molecule has 2 aliphatic rings. The number of hydrogen-bond acceptors (Lipinski definition) is 5. The number of ether oxygens (including phenoxy) is 1. The molecule has 2 heterocycles. The zero-order valence-corrected chi connectivity index (χ0v) is 9.50. The van der Waals surface area contributed by atoms with E-state index in [4.69, 9.17) is 9.84 Å². The predicted octanol–water partition coefficient (Wildman–Crippen LogP) is -1.36. The van der Waals surface area contributed by atoms with Crippen LogP contribution in [0.4, 0.5) is 4.79 Å². The molecule has 7 nitrogen and oxygen atoms in total. The molecular weight excluding hydrogens is 228 g/mol. The molecule has 2 saturated heterocycles. The lowest BCUT2D eigenvalue weighted by molar-refractivity contribution is -0.128. The second-order valence-electron chi connectivity index (χ2n) is 4.46. The molecule has 2 fully saturated rings. The van der Waals surface area contributed by atoms with Gasteiger partial charge in [0.1, 0.15) is 12.3 Å². The Morgan fingerprint density at radius 3 is 2.82 bits per heavy atom. The highest BCUT2D eigenvalue weighted by atomic mass is 16.5. The van der Waals surface area contributed by atoms with E-state index in [9.17, 15) is 14.7 Å². The Labute approximate surface area is 98.3 Å². The van der Waals surface area contributed by atoms with Gasteiger partial charge in [-0.1, -0.05) is 6.92 Å². The molecular formula is C10H16N2O5. The lowest BCUT2D eigenvalue weighted by atomic mass is 10.1. The van der Waals surface area contributed by atoms with Gasteiger partial charge in [0, 0.05) is 13.0 Å². The number of amides is 3. The first kappa shape index (κ1) is 12.3. The molecule has 0 aromatic heterocycles. The smallest absolute Gasteiger partial charge is 0.326 e. The summed E-state index contributed by atoms with van der Waals surface area (Å²) in [6.45, 7) is 1.69. The van der Waals surface area contributed by atoms with Crippen molar-refractivity contribution in [2.75, 3.05) is 13.2 Å². The maximum Gasteiger partial charge on any atom is 0.326 e. The van der Waals surface area contributed by atoms with Gasteiger partial charge < -0.3 is 14.9 Å². The van der Waals surface area contributed by atoms with Crippen LogP contribution in [0.3, 0.4) is 0 Å². The van der Waals surface area contributed by atoms with E-state index in [0.717, 1.165) is 0 Å². The molecule has 3 N–H and O–H groups in total. The van der Waals surface area contributed by atoms with Crippen LogP contribution in [0.2, 0.25) is 0 Å². The second-order valence-corrected chi connectivity index (χ2v) is 4.46. The Balaban J connectivity index is 2.03. The van der Waals surface area contributed by atoms with E-state index in [1.54, 1.807) is 6.92 Å². The fraction of sp³-hybridized carbons (Fsp3) is 0.800. The van der Waals surface area contributed by atoms with E-state index in [0.29, 0.717) is 0 Å². The van der Waals surface area contributed by atoms with E-state index in [1.807, 2.05) is 0 Å². The normalized spacial score (nSPS) is 38.4. The molecule has 3 amide bonds. The van der Waals surface area contributed by atoms with E-state index < -0.39 is 24.5 Å². The van der Waals surface area contributed by atoms with Gasteiger partial charge in [0.15, 0.2) is 0 Å². The minimum Gasteiger partial charge on any atom is -0.394 e. The Bertz CT molecular complexity index is 335. The van der Waals surface area contributed by atoms with Crippen LogP contribution in [0.1, 0.15) is 13.3 Å². The summed E-state index contributed by atoms with van der Waals surface area (Å²) in [6, 6.07) is -0.510. The van der Waals surface area contributed by atoms with Gasteiger partial charge in [-0.05, 0) is 0 Å². The zero-order chi connectivity index (χ0) is 12.6. The van der Waals surface area contributed by atoms with Crippen LogP contribution in [0.25, 0.3) is 0 Å². The Morgan fingerprint density at radius 1 is 1.53 bits per heavy atom. The summed E-state index contributed by atoms with van der Waals surface area (Å²) in [6.07, 6.45) is -1.79. The molecule has 0 bridgehead atoms. The standard InChI is InChI=1S/C10H16N2O5/c1-5-3-12(10(16)11-9(5)15)8-2-6(14)7(4-13)17-8/h5-8,13-14H,2-4H2,1H3,(H,11,15,16)/t5-,6+,7+,8+/m0/s1. The van der Waals surface area contributed by atoms with E-state index >= 15 is 0 Å². The van der Waals surface area contributed by atoms with E-state index in [1.165, 1.54) is 4.90 Å². The van der Waals surface area contributed by atoms with Crippen LogP contribution in [0.5, 0.6) is 0 Å². The minimum absolute atomic E-state index is 0.250. The third-order valence-corrected chi connectivity index (χ3v) is 3.14. The highest BCUT2D eigenvalue weighted by molar-refractivity contribution is 5.97. The number of aliphatic hydroxyl groups excluding tert-OH is 2. The van der Waals surface area contributed by atoms with Crippen LogP contribution in [-0.4, -0.2) is 58.6 Å². The average molecular weight is 244 g/mol. The summed E-state index contributed by atoms with van der Waals surface area (Å²) in [7, 11) is 0. The van der Waals surface area contributed by atoms with Crippen molar-refractivity contribution in [2.24, 2.45) is 5.92 Å². The SMILES string of the molecule is C[C@H]1CN([C@H]2C[C@@H](O)[C@@H](CO)O2)C(=O)NC1=O. The van der Waals surface area contributed by atoms with E-state index in [2.05, 4.69) is 5.32 Å². The van der Waals surface area contributed by atoms with Gasteiger partial charge in [-0.25, -0.2) is 4.79 Å². The lowest BCUT2D eigenvalue weighted by Gasteiger charge is -2.34. The van der Waals surface area contributed by atoms with Crippen molar-refractivity contribution < 1.29 is 24.5 Å². The third kappa shape index (κ3) is 2.26. The van der Waals surface area contributed by atoms with Crippen molar-refractivity contribution in [1.29, 1.82) is 0 Å². The van der Waals surface area contributed by atoms with Crippen LogP contribution in [0.15, 0.2) is 0 Å². The van der Waals surface area contributed by atoms with Gasteiger partial charge in [-0.3, -0.25) is 15.0 Å². The van der Waals surface area contributed by atoms with E-state index in [-0.39, 0.29) is 31.4 Å². The molecule has 0 spiro atoms. The Hall–Kier alpha value is -1.18. The maximum absolute atomic E-state index is 11.6. The van der Waals surface area contributed by atoms with Crippen molar-refractivity contribution >= 4 is 11.9 Å². The number of nitrogens with zero attached hydrogens (tertiary/aromatic N) is 1. The molecule has 0 saturated carbocycles. The third-order valence-electron chi connectivity index (χ3n) is 3.14. The monoisotopic (exact) mass is 244 g/mol.